The van der Waals surface area contributed by atoms with Crippen LogP contribution in [0.15, 0.2) is 0 Å². The minimum absolute atomic E-state index is 0.0412. The molecule has 144 valence electrons. The normalized spacial score (nSPS) is 60.8. The van der Waals surface area contributed by atoms with Crippen molar-refractivity contribution in [3.8, 4) is 0 Å². The molecular weight excluding hydrogens is 320 g/mol. The Bertz CT molecular complexity index is 554. The topological polar surface area (TPSA) is 101 Å². The van der Waals surface area contributed by atoms with Gasteiger partial charge in [0.1, 0.15) is 0 Å². The van der Waals surface area contributed by atoms with Gasteiger partial charge >= 0.3 is 0 Å². The van der Waals surface area contributed by atoms with Crippen LogP contribution in [0.4, 0.5) is 0 Å². The summed E-state index contributed by atoms with van der Waals surface area (Å²) in [6.07, 6.45) is 4.31. The lowest BCUT2D eigenvalue weighted by Crippen LogP contribution is -2.66. The fourth-order valence-corrected chi connectivity index (χ4v) is 8.04. The van der Waals surface area contributed by atoms with Crippen LogP contribution in [0.5, 0.6) is 0 Å². The lowest BCUT2D eigenvalue weighted by Gasteiger charge is -2.67. The second kappa shape index (κ2) is 5.41. The monoisotopic (exact) mass is 354 g/mol. The van der Waals surface area contributed by atoms with Crippen LogP contribution in [0.2, 0.25) is 0 Å². The third kappa shape index (κ3) is 2.02. The van der Waals surface area contributed by atoms with Crippen LogP contribution < -0.4 is 0 Å². The van der Waals surface area contributed by atoms with Gasteiger partial charge in [0.15, 0.2) is 0 Å². The highest BCUT2D eigenvalue weighted by atomic mass is 16.3. The van der Waals surface area contributed by atoms with E-state index in [1.165, 1.54) is 0 Å². The molecule has 0 heterocycles. The average Bonchev–Trinajstić information content (AvgIpc) is 2.92. The minimum atomic E-state index is -0.978. The van der Waals surface area contributed by atoms with Gasteiger partial charge in [0.25, 0.3) is 0 Å². The molecular formula is C20H34O5. The number of aliphatic hydroxyl groups excluding tert-OH is 4. The first-order chi connectivity index (χ1) is 11.7. The van der Waals surface area contributed by atoms with Crippen molar-refractivity contribution in [3.05, 3.63) is 0 Å². The van der Waals surface area contributed by atoms with Gasteiger partial charge in [-0.15, -0.1) is 0 Å². The largest absolute Gasteiger partial charge is 0.396 e. The van der Waals surface area contributed by atoms with E-state index in [0.29, 0.717) is 25.2 Å². The Morgan fingerprint density at radius 3 is 2.28 bits per heavy atom. The summed E-state index contributed by atoms with van der Waals surface area (Å²) in [6.45, 7) is 3.89. The molecule has 2 bridgehead atoms. The summed E-state index contributed by atoms with van der Waals surface area (Å²) in [5.41, 5.74) is -1.78. The molecule has 4 fully saturated rings. The second-order valence-electron chi connectivity index (χ2n) is 10.2. The van der Waals surface area contributed by atoms with E-state index in [4.69, 9.17) is 0 Å². The highest BCUT2D eigenvalue weighted by molar-refractivity contribution is 5.21. The smallest absolute Gasteiger partial charge is 0.0905 e. The lowest BCUT2D eigenvalue weighted by atomic mass is 9.38. The fraction of sp³-hybridized carbons (Fsp3) is 1.00. The number of fused-ring (bicyclic) bond motifs is 2. The highest BCUT2D eigenvalue weighted by Gasteiger charge is 2.72. The van der Waals surface area contributed by atoms with Crippen molar-refractivity contribution in [3.63, 3.8) is 0 Å². The van der Waals surface area contributed by atoms with E-state index in [-0.39, 0.29) is 35.9 Å². The maximum absolute atomic E-state index is 11.1. The van der Waals surface area contributed by atoms with Crippen LogP contribution in [0.25, 0.3) is 0 Å². The maximum atomic E-state index is 11.1. The van der Waals surface area contributed by atoms with Gasteiger partial charge in [-0.3, -0.25) is 0 Å². The van der Waals surface area contributed by atoms with Gasteiger partial charge in [0.2, 0.25) is 0 Å². The molecule has 0 radical (unpaired) electrons. The maximum Gasteiger partial charge on any atom is 0.0905 e. The zero-order chi connectivity index (χ0) is 18.3. The van der Waals surface area contributed by atoms with E-state index in [9.17, 15) is 25.5 Å². The van der Waals surface area contributed by atoms with Crippen molar-refractivity contribution in [2.75, 3.05) is 13.2 Å². The van der Waals surface area contributed by atoms with E-state index in [0.717, 1.165) is 25.7 Å². The van der Waals surface area contributed by atoms with Crippen molar-refractivity contribution in [1.82, 2.24) is 0 Å². The van der Waals surface area contributed by atoms with Gasteiger partial charge < -0.3 is 25.5 Å². The molecule has 9 atom stereocenters. The van der Waals surface area contributed by atoms with Crippen LogP contribution in [0, 0.1) is 34.0 Å². The Labute approximate surface area is 150 Å². The van der Waals surface area contributed by atoms with Crippen molar-refractivity contribution in [1.29, 1.82) is 0 Å². The molecule has 4 aliphatic rings. The van der Waals surface area contributed by atoms with E-state index < -0.39 is 23.2 Å². The number of rotatable bonds is 2. The summed E-state index contributed by atoms with van der Waals surface area (Å²) in [6, 6.07) is 0. The number of aliphatic hydroxyl groups is 5. The van der Waals surface area contributed by atoms with Gasteiger partial charge in [-0.25, -0.2) is 0 Å². The summed E-state index contributed by atoms with van der Waals surface area (Å²) in [5, 5.41) is 52.4. The Morgan fingerprint density at radius 1 is 0.920 bits per heavy atom. The van der Waals surface area contributed by atoms with Gasteiger partial charge in [0, 0.05) is 11.3 Å². The molecule has 0 unspecified atom stereocenters. The SMILES string of the molecule is C[C@@]1(CO)[C@@H](O)CC[C@]2(C)[C@H]1[C@H](O)C[C@H]1C[C@H]3C[C@@]12CC[C@]3(O)CO. The van der Waals surface area contributed by atoms with E-state index in [1.807, 2.05) is 6.92 Å². The second-order valence-corrected chi connectivity index (χ2v) is 10.2. The van der Waals surface area contributed by atoms with E-state index in [1.54, 1.807) is 0 Å². The van der Waals surface area contributed by atoms with E-state index in [2.05, 4.69) is 6.92 Å². The van der Waals surface area contributed by atoms with Crippen LogP contribution >= 0.6 is 0 Å². The van der Waals surface area contributed by atoms with Crippen molar-refractivity contribution >= 4 is 0 Å². The van der Waals surface area contributed by atoms with Crippen LogP contribution in [0.1, 0.15) is 58.8 Å². The Morgan fingerprint density at radius 2 is 1.64 bits per heavy atom. The molecule has 5 heteroatoms. The predicted octanol–water partition coefficient (Wildman–Crippen LogP) is 1.06. The molecule has 4 rings (SSSR count). The van der Waals surface area contributed by atoms with Crippen molar-refractivity contribution in [2.45, 2.75) is 76.6 Å². The third-order valence-corrected chi connectivity index (χ3v) is 9.48. The van der Waals surface area contributed by atoms with Gasteiger partial charge in [-0.05, 0) is 67.6 Å². The zero-order valence-corrected chi connectivity index (χ0v) is 15.5. The van der Waals surface area contributed by atoms with Gasteiger partial charge in [-0.1, -0.05) is 13.8 Å². The van der Waals surface area contributed by atoms with Gasteiger partial charge in [0.05, 0.1) is 31.0 Å². The molecule has 1 spiro atoms. The standard InChI is InChI=1S/C20H34O5/c1-17(10-21)15(24)3-4-18(2)16(17)14(23)8-12-7-13-9-19(12,18)5-6-20(13,25)11-22/h12-16,21-25H,3-11H2,1-2H3/t12-,13+,14-,15+,16+,17-,18-,19+,20+/m1/s1. The number of hydrogen-bond donors (Lipinski definition) is 5. The van der Waals surface area contributed by atoms with Crippen LogP contribution in [-0.4, -0.2) is 56.6 Å². The average molecular weight is 354 g/mol. The van der Waals surface area contributed by atoms with Crippen molar-refractivity contribution in [2.24, 2.45) is 34.0 Å². The minimum Gasteiger partial charge on any atom is -0.396 e. The van der Waals surface area contributed by atoms with Crippen LogP contribution in [0.3, 0.4) is 0 Å². The Hall–Kier alpha value is -0.200. The molecule has 0 saturated heterocycles. The molecule has 0 aromatic carbocycles. The molecule has 5 N–H and O–H groups in total. The molecule has 25 heavy (non-hydrogen) atoms. The first-order valence-corrected chi connectivity index (χ1v) is 9.97. The first kappa shape index (κ1) is 18.2. The molecule has 4 aliphatic carbocycles. The number of hydrogen-bond acceptors (Lipinski definition) is 5. The van der Waals surface area contributed by atoms with Crippen molar-refractivity contribution < 1.29 is 25.5 Å². The molecule has 4 saturated carbocycles. The predicted molar refractivity (Wildman–Crippen MR) is 92.6 cm³/mol. The Balaban J connectivity index is 1.79. The summed E-state index contributed by atoms with van der Waals surface area (Å²) in [4.78, 5) is 0. The highest BCUT2D eigenvalue weighted by Crippen LogP contribution is 2.75. The molecule has 0 aromatic rings. The lowest BCUT2D eigenvalue weighted by molar-refractivity contribution is -0.248. The summed E-state index contributed by atoms with van der Waals surface area (Å²) in [7, 11) is 0. The fourth-order valence-electron chi connectivity index (χ4n) is 8.04. The molecule has 0 aromatic heterocycles. The third-order valence-electron chi connectivity index (χ3n) is 9.48. The first-order valence-electron chi connectivity index (χ1n) is 9.97. The summed E-state index contributed by atoms with van der Waals surface area (Å²) in [5.74, 6) is 0.308. The summed E-state index contributed by atoms with van der Waals surface area (Å²) < 4.78 is 0. The zero-order valence-electron chi connectivity index (χ0n) is 15.5. The van der Waals surface area contributed by atoms with Crippen LogP contribution in [-0.2, 0) is 0 Å². The molecule has 0 amide bonds. The molecule has 5 nitrogen and oxygen atoms in total. The molecule has 0 aliphatic heterocycles. The Kier molecular flexibility index (Phi) is 3.94. The summed E-state index contributed by atoms with van der Waals surface area (Å²) >= 11 is 0. The quantitative estimate of drug-likeness (QED) is 0.510. The van der Waals surface area contributed by atoms with Gasteiger partial charge in [-0.2, -0.15) is 0 Å². The van der Waals surface area contributed by atoms with E-state index >= 15 is 0 Å².